The van der Waals surface area contributed by atoms with E-state index in [0.29, 0.717) is 5.92 Å². The monoisotopic (exact) mass is 267 g/mol. The second-order valence-electron chi connectivity index (χ2n) is 5.74. The lowest BCUT2D eigenvalue weighted by molar-refractivity contribution is 0.199. The van der Waals surface area contributed by atoms with Crippen LogP contribution in [0.3, 0.4) is 0 Å². The molecular weight excluding hydrogens is 246 g/mol. The number of nitrogens with two attached hydrogens (primary N) is 1. The second-order valence-corrected chi connectivity index (χ2v) is 5.74. The van der Waals surface area contributed by atoms with E-state index in [0.717, 1.165) is 25.2 Å². The summed E-state index contributed by atoms with van der Waals surface area (Å²) in [5.74, 6) is 1.41. The first-order valence-electron chi connectivity index (χ1n) is 7.24. The van der Waals surface area contributed by atoms with E-state index in [1.54, 1.807) is 0 Å². The fourth-order valence-electron chi connectivity index (χ4n) is 2.79. The number of benzene rings is 2. The van der Waals surface area contributed by atoms with Gasteiger partial charge in [0.05, 0.1) is 6.61 Å². The van der Waals surface area contributed by atoms with Crippen LogP contribution in [0.15, 0.2) is 48.5 Å². The van der Waals surface area contributed by atoms with Crippen LogP contribution >= 0.6 is 0 Å². The summed E-state index contributed by atoms with van der Waals surface area (Å²) >= 11 is 0. The van der Waals surface area contributed by atoms with Crippen molar-refractivity contribution in [2.45, 2.75) is 25.8 Å². The van der Waals surface area contributed by atoms with Crippen LogP contribution in [0.4, 0.5) is 0 Å². The molecule has 0 radical (unpaired) electrons. The Balaban J connectivity index is 1.67. The summed E-state index contributed by atoms with van der Waals surface area (Å²) in [5.41, 5.74) is 10.3. The van der Waals surface area contributed by atoms with E-state index >= 15 is 0 Å². The van der Waals surface area contributed by atoms with Crippen LogP contribution in [-0.4, -0.2) is 12.6 Å². The van der Waals surface area contributed by atoms with Crippen molar-refractivity contribution in [2.75, 3.05) is 6.61 Å². The Morgan fingerprint density at radius 3 is 2.70 bits per heavy atom. The number of hydrogen-bond donors (Lipinski definition) is 1. The fraction of sp³-hybridized carbons (Fsp3) is 0.333. The number of ether oxygens (including phenoxy) is 1. The number of hydrogen-bond acceptors (Lipinski definition) is 2. The summed E-state index contributed by atoms with van der Waals surface area (Å²) in [6.45, 7) is 2.83. The average molecular weight is 267 g/mol. The molecular formula is C18H21NO. The molecule has 0 aliphatic carbocycles. The molecule has 0 spiro atoms. The van der Waals surface area contributed by atoms with Crippen LogP contribution in [0.5, 0.6) is 5.75 Å². The van der Waals surface area contributed by atoms with Crippen LogP contribution in [0.1, 0.15) is 16.7 Å². The molecule has 0 bridgehead atoms. The maximum absolute atomic E-state index is 6.40. The normalized spacial score (nSPS) is 19.0. The molecule has 0 saturated heterocycles. The zero-order valence-electron chi connectivity index (χ0n) is 11.9. The van der Waals surface area contributed by atoms with Crippen molar-refractivity contribution in [1.29, 1.82) is 0 Å². The highest BCUT2D eigenvalue weighted by Gasteiger charge is 2.24. The van der Waals surface area contributed by atoms with Gasteiger partial charge in [0.2, 0.25) is 0 Å². The molecule has 104 valence electrons. The maximum Gasteiger partial charge on any atom is 0.122 e. The van der Waals surface area contributed by atoms with Gasteiger partial charge >= 0.3 is 0 Å². The first-order chi connectivity index (χ1) is 9.72. The van der Waals surface area contributed by atoms with Gasteiger partial charge in [-0.3, -0.25) is 0 Å². The topological polar surface area (TPSA) is 35.2 Å². The van der Waals surface area contributed by atoms with Gasteiger partial charge in [-0.15, -0.1) is 0 Å². The molecule has 0 aromatic heterocycles. The molecule has 0 amide bonds. The van der Waals surface area contributed by atoms with E-state index in [1.165, 1.54) is 16.7 Å². The molecule has 2 heteroatoms. The van der Waals surface area contributed by atoms with Crippen molar-refractivity contribution in [2.24, 2.45) is 11.7 Å². The quantitative estimate of drug-likeness (QED) is 0.927. The average Bonchev–Trinajstić information content (AvgIpc) is 2.49. The molecule has 2 aromatic carbocycles. The van der Waals surface area contributed by atoms with Crippen molar-refractivity contribution >= 4 is 0 Å². The van der Waals surface area contributed by atoms with Crippen LogP contribution in [-0.2, 0) is 12.8 Å². The molecule has 2 unspecified atom stereocenters. The molecule has 20 heavy (non-hydrogen) atoms. The van der Waals surface area contributed by atoms with Gasteiger partial charge in [0, 0.05) is 12.0 Å². The van der Waals surface area contributed by atoms with Crippen LogP contribution < -0.4 is 10.5 Å². The van der Waals surface area contributed by atoms with E-state index in [-0.39, 0.29) is 6.04 Å². The summed E-state index contributed by atoms with van der Waals surface area (Å²) in [6.07, 6.45) is 1.93. The Labute approximate surface area is 120 Å². The third-order valence-electron chi connectivity index (χ3n) is 4.11. The van der Waals surface area contributed by atoms with Gasteiger partial charge in [0.1, 0.15) is 5.75 Å². The number of rotatable bonds is 3. The summed E-state index contributed by atoms with van der Waals surface area (Å²) in [4.78, 5) is 0. The summed E-state index contributed by atoms with van der Waals surface area (Å²) in [7, 11) is 0. The van der Waals surface area contributed by atoms with Gasteiger partial charge in [-0.1, -0.05) is 48.0 Å². The Morgan fingerprint density at radius 1 is 1.15 bits per heavy atom. The predicted molar refractivity (Wildman–Crippen MR) is 82.0 cm³/mol. The van der Waals surface area contributed by atoms with Crippen molar-refractivity contribution in [3.8, 4) is 5.75 Å². The molecule has 1 aliphatic heterocycles. The smallest absolute Gasteiger partial charge is 0.122 e. The third-order valence-corrected chi connectivity index (χ3v) is 4.11. The predicted octanol–water partition coefficient (Wildman–Crippen LogP) is 3.12. The number of aryl methyl sites for hydroxylation is 1. The first-order valence-corrected chi connectivity index (χ1v) is 7.24. The summed E-state index contributed by atoms with van der Waals surface area (Å²) < 4.78 is 5.83. The van der Waals surface area contributed by atoms with Gasteiger partial charge in [-0.2, -0.15) is 0 Å². The van der Waals surface area contributed by atoms with Crippen LogP contribution in [0, 0.1) is 12.8 Å². The first kappa shape index (κ1) is 13.2. The molecule has 2 aromatic rings. The standard InChI is InChI=1S/C18H21NO/c1-13-6-8-14(9-7-13)10-17(19)16-11-15-4-2-3-5-18(15)20-12-16/h2-9,16-17H,10-12,19H2,1H3. The molecule has 1 heterocycles. The Kier molecular flexibility index (Phi) is 3.75. The lowest BCUT2D eigenvalue weighted by atomic mass is 9.87. The lowest BCUT2D eigenvalue weighted by Crippen LogP contribution is -2.39. The minimum Gasteiger partial charge on any atom is -0.493 e. The minimum atomic E-state index is 0.145. The van der Waals surface area contributed by atoms with Crippen LogP contribution in [0.2, 0.25) is 0 Å². The largest absolute Gasteiger partial charge is 0.493 e. The molecule has 1 aliphatic rings. The highest BCUT2D eigenvalue weighted by atomic mass is 16.5. The molecule has 3 rings (SSSR count). The molecule has 0 fully saturated rings. The molecule has 2 N–H and O–H groups in total. The lowest BCUT2D eigenvalue weighted by Gasteiger charge is -2.29. The minimum absolute atomic E-state index is 0.145. The summed E-state index contributed by atoms with van der Waals surface area (Å²) in [6, 6.07) is 17.0. The van der Waals surface area contributed by atoms with Gasteiger partial charge in [0.15, 0.2) is 0 Å². The zero-order valence-corrected chi connectivity index (χ0v) is 11.9. The van der Waals surface area contributed by atoms with E-state index < -0.39 is 0 Å². The Hall–Kier alpha value is -1.80. The SMILES string of the molecule is Cc1ccc(CC(N)C2COc3ccccc3C2)cc1. The van der Waals surface area contributed by atoms with Crippen molar-refractivity contribution < 1.29 is 4.74 Å². The third kappa shape index (κ3) is 2.86. The molecule has 0 saturated carbocycles. The fourth-order valence-corrected chi connectivity index (χ4v) is 2.79. The summed E-state index contributed by atoms with van der Waals surface area (Å²) in [5, 5.41) is 0. The Bertz CT molecular complexity index is 576. The van der Waals surface area contributed by atoms with Gasteiger partial charge in [-0.25, -0.2) is 0 Å². The maximum atomic E-state index is 6.40. The highest BCUT2D eigenvalue weighted by molar-refractivity contribution is 5.35. The van der Waals surface area contributed by atoms with E-state index in [4.69, 9.17) is 10.5 Å². The van der Waals surface area contributed by atoms with Crippen molar-refractivity contribution in [3.63, 3.8) is 0 Å². The Morgan fingerprint density at radius 2 is 1.90 bits per heavy atom. The van der Waals surface area contributed by atoms with Crippen molar-refractivity contribution in [3.05, 3.63) is 65.2 Å². The van der Waals surface area contributed by atoms with Gasteiger partial charge < -0.3 is 10.5 Å². The molecule has 2 nitrogen and oxygen atoms in total. The highest BCUT2D eigenvalue weighted by Crippen LogP contribution is 2.28. The van der Waals surface area contributed by atoms with Gasteiger partial charge in [0.25, 0.3) is 0 Å². The van der Waals surface area contributed by atoms with Crippen molar-refractivity contribution in [1.82, 2.24) is 0 Å². The second kappa shape index (κ2) is 5.68. The van der Waals surface area contributed by atoms with E-state index in [2.05, 4.69) is 43.3 Å². The van der Waals surface area contributed by atoms with E-state index in [9.17, 15) is 0 Å². The van der Waals surface area contributed by atoms with E-state index in [1.807, 2.05) is 12.1 Å². The zero-order chi connectivity index (χ0) is 13.9. The number of para-hydroxylation sites is 1. The van der Waals surface area contributed by atoms with Crippen LogP contribution in [0.25, 0.3) is 0 Å². The van der Waals surface area contributed by atoms with Gasteiger partial charge in [-0.05, 0) is 37.0 Å². The molecule has 2 atom stereocenters. The number of fused-ring (bicyclic) bond motifs is 1.